The van der Waals surface area contributed by atoms with Crippen LogP contribution >= 0.6 is 0 Å². The molecule has 106 valence electrons. The Morgan fingerprint density at radius 1 is 1.47 bits per heavy atom. The van der Waals surface area contributed by atoms with E-state index in [2.05, 4.69) is 15.4 Å². The lowest BCUT2D eigenvalue weighted by molar-refractivity contribution is -0.144. The molecule has 0 amide bonds. The maximum absolute atomic E-state index is 12.7. The van der Waals surface area contributed by atoms with Crippen LogP contribution in [0.5, 0.6) is 0 Å². The summed E-state index contributed by atoms with van der Waals surface area (Å²) in [4.78, 5) is 8.32. The number of halogens is 3. The minimum atomic E-state index is -4.65. The normalized spacial score (nSPS) is 23.8. The first-order valence-electron chi connectivity index (χ1n) is 5.61. The van der Waals surface area contributed by atoms with Crippen LogP contribution in [-0.2, 0) is 6.18 Å². The highest BCUT2D eigenvalue weighted by molar-refractivity contribution is 5.50. The average molecular weight is 277 g/mol. The van der Waals surface area contributed by atoms with E-state index in [1.807, 2.05) is 0 Å². The molecular formula is C10H14F3N5O. The van der Waals surface area contributed by atoms with Crippen LogP contribution in [0.3, 0.4) is 0 Å². The second kappa shape index (κ2) is 4.49. The van der Waals surface area contributed by atoms with Crippen molar-refractivity contribution in [3.05, 3.63) is 11.9 Å². The minimum absolute atomic E-state index is 0.0908. The van der Waals surface area contributed by atoms with Crippen molar-refractivity contribution < 1.29 is 18.3 Å². The number of alkyl halides is 3. The van der Waals surface area contributed by atoms with Gasteiger partial charge in [0.1, 0.15) is 11.6 Å². The van der Waals surface area contributed by atoms with Crippen molar-refractivity contribution in [2.45, 2.75) is 25.1 Å². The topological polar surface area (TPSA) is 87.3 Å². The van der Waals surface area contributed by atoms with Gasteiger partial charge in [0, 0.05) is 19.2 Å². The molecular weight excluding hydrogens is 263 g/mol. The highest BCUT2D eigenvalue weighted by Gasteiger charge is 2.37. The molecule has 1 atom stereocenters. The van der Waals surface area contributed by atoms with Gasteiger partial charge in [0.05, 0.1) is 5.60 Å². The molecule has 0 aliphatic carbocycles. The number of β-amino-alcohol motifs (C(OH)–C–C–N with tert-alkyl or cyclic N) is 1. The standard InChI is InChI=1S/C10H14F3N5O/c1-9(19)2-3-18(5-9)7-4-6(17-14)15-8(16-7)10(11,12)13/h4,19H,2-3,5,14H2,1H3,(H,15,16,17). The van der Waals surface area contributed by atoms with Crippen LogP contribution < -0.4 is 16.2 Å². The summed E-state index contributed by atoms with van der Waals surface area (Å²) in [6.07, 6.45) is -4.19. The first kappa shape index (κ1) is 13.8. The number of aliphatic hydroxyl groups is 1. The maximum Gasteiger partial charge on any atom is 0.451 e. The Morgan fingerprint density at radius 3 is 2.63 bits per heavy atom. The summed E-state index contributed by atoms with van der Waals surface area (Å²) in [6, 6.07) is 1.32. The van der Waals surface area contributed by atoms with Gasteiger partial charge in [0.25, 0.3) is 0 Å². The molecule has 6 nitrogen and oxygen atoms in total. The molecule has 0 radical (unpaired) electrons. The summed E-state index contributed by atoms with van der Waals surface area (Å²) >= 11 is 0. The fourth-order valence-corrected chi connectivity index (χ4v) is 1.94. The molecule has 9 heteroatoms. The molecule has 1 aromatic heterocycles. The molecule has 4 N–H and O–H groups in total. The third-order valence-electron chi connectivity index (χ3n) is 2.89. The molecule has 2 rings (SSSR count). The zero-order valence-corrected chi connectivity index (χ0v) is 10.2. The first-order valence-corrected chi connectivity index (χ1v) is 5.61. The Bertz CT molecular complexity index is 477. The number of nitrogens with two attached hydrogens (primary N) is 1. The first-order chi connectivity index (χ1) is 8.71. The molecule has 0 aromatic carbocycles. The van der Waals surface area contributed by atoms with E-state index in [-0.39, 0.29) is 18.2 Å². The molecule has 0 saturated carbocycles. The van der Waals surface area contributed by atoms with E-state index in [1.165, 1.54) is 6.07 Å². The Hall–Kier alpha value is -1.61. The van der Waals surface area contributed by atoms with Crippen molar-refractivity contribution in [1.29, 1.82) is 0 Å². The van der Waals surface area contributed by atoms with E-state index in [9.17, 15) is 18.3 Å². The van der Waals surface area contributed by atoms with Crippen LogP contribution in [0.2, 0.25) is 0 Å². The third kappa shape index (κ3) is 3.04. The summed E-state index contributed by atoms with van der Waals surface area (Å²) in [5, 5.41) is 9.83. The summed E-state index contributed by atoms with van der Waals surface area (Å²) in [7, 11) is 0. The molecule has 1 unspecified atom stereocenters. The quantitative estimate of drug-likeness (QED) is 0.546. The summed E-state index contributed by atoms with van der Waals surface area (Å²) in [5.41, 5.74) is 1.15. The van der Waals surface area contributed by atoms with Gasteiger partial charge in [-0.1, -0.05) is 0 Å². The average Bonchev–Trinajstić information content (AvgIpc) is 2.68. The molecule has 0 spiro atoms. The molecule has 1 aliphatic rings. The van der Waals surface area contributed by atoms with E-state index >= 15 is 0 Å². The van der Waals surface area contributed by atoms with Gasteiger partial charge in [0.15, 0.2) is 0 Å². The number of rotatable bonds is 2. The van der Waals surface area contributed by atoms with E-state index in [1.54, 1.807) is 11.8 Å². The number of nitrogens with zero attached hydrogens (tertiary/aromatic N) is 3. The summed E-state index contributed by atoms with van der Waals surface area (Å²) in [5.74, 6) is 3.82. The van der Waals surface area contributed by atoms with Crippen molar-refractivity contribution in [2.24, 2.45) is 5.84 Å². The van der Waals surface area contributed by atoms with Crippen molar-refractivity contribution in [3.8, 4) is 0 Å². The number of anilines is 2. The van der Waals surface area contributed by atoms with Crippen molar-refractivity contribution in [3.63, 3.8) is 0 Å². The van der Waals surface area contributed by atoms with E-state index in [0.717, 1.165) is 0 Å². The van der Waals surface area contributed by atoms with Crippen LogP contribution in [0.1, 0.15) is 19.2 Å². The Labute approximate surface area is 107 Å². The number of hydrogen-bond donors (Lipinski definition) is 3. The maximum atomic E-state index is 12.7. The van der Waals surface area contributed by atoms with Crippen molar-refractivity contribution in [2.75, 3.05) is 23.4 Å². The van der Waals surface area contributed by atoms with Crippen LogP contribution in [0, 0.1) is 0 Å². The molecule has 1 saturated heterocycles. The predicted molar refractivity (Wildman–Crippen MR) is 62.3 cm³/mol. The molecule has 0 bridgehead atoms. The molecule has 2 heterocycles. The number of nitrogen functional groups attached to an aromatic ring is 1. The number of nitrogens with one attached hydrogen (secondary N) is 1. The van der Waals surface area contributed by atoms with Gasteiger partial charge in [0.2, 0.25) is 5.82 Å². The molecule has 19 heavy (non-hydrogen) atoms. The van der Waals surface area contributed by atoms with Gasteiger partial charge in [-0.2, -0.15) is 13.2 Å². The SMILES string of the molecule is CC1(O)CCN(c2cc(NN)nc(C(F)(F)F)n2)C1. The van der Waals surface area contributed by atoms with Crippen molar-refractivity contribution in [1.82, 2.24) is 9.97 Å². The second-order valence-corrected chi connectivity index (χ2v) is 4.75. The minimum Gasteiger partial charge on any atom is -0.388 e. The zero-order valence-electron chi connectivity index (χ0n) is 10.2. The van der Waals surface area contributed by atoms with Gasteiger partial charge in [-0.3, -0.25) is 0 Å². The Morgan fingerprint density at radius 2 is 2.16 bits per heavy atom. The molecule has 1 fully saturated rings. The zero-order chi connectivity index (χ0) is 14.3. The van der Waals surface area contributed by atoms with Crippen LogP contribution in [0.15, 0.2) is 6.07 Å². The Balaban J connectivity index is 2.35. The highest BCUT2D eigenvalue weighted by atomic mass is 19.4. The third-order valence-corrected chi connectivity index (χ3v) is 2.89. The highest BCUT2D eigenvalue weighted by Crippen LogP contribution is 2.31. The molecule has 1 aliphatic heterocycles. The van der Waals surface area contributed by atoms with Gasteiger partial charge in [-0.05, 0) is 13.3 Å². The fraction of sp³-hybridized carbons (Fsp3) is 0.600. The summed E-state index contributed by atoms with van der Waals surface area (Å²) in [6.45, 7) is 2.26. The van der Waals surface area contributed by atoms with E-state index in [0.29, 0.717) is 13.0 Å². The second-order valence-electron chi connectivity index (χ2n) is 4.75. The lowest BCUT2D eigenvalue weighted by atomic mass is 10.1. The number of aromatic nitrogens is 2. The fourth-order valence-electron chi connectivity index (χ4n) is 1.94. The van der Waals surface area contributed by atoms with E-state index in [4.69, 9.17) is 5.84 Å². The Kier molecular flexibility index (Phi) is 3.27. The van der Waals surface area contributed by atoms with Gasteiger partial charge >= 0.3 is 6.18 Å². The van der Waals surface area contributed by atoms with Gasteiger partial charge < -0.3 is 15.4 Å². The monoisotopic (exact) mass is 277 g/mol. The van der Waals surface area contributed by atoms with Crippen LogP contribution in [-0.4, -0.2) is 33.8 Å². The summed E-state index contributed by atoms with van der Waals surface area (Å²) < 4.78 is 38.0. The number of hydrazine groups is 1. The smallest absolute Gasteiger partial charge is 0.388 e. The lowest BCUT2D eigenvalue weighted by Crippen LogP contribution is -2.30. The lowest BCUT2D eigenvalue weighted by Gasteiger charge is -2.21. The van der Waals surface area contributed by atoms with Crippen molar-refractivity contribution >= 4 is 11.6 Å². The van der Waals surface area contributed by atoms with Gasteiger partial charge in [-0.15, -0.1) is 0 Å². The predicted octanol–water partition coefficient (Wildman–Crippen LogP) is 0.742. The van der Waals surface area contributed by atoms with E-state index < -0.39 is 17.6 Å². The largest absolute Gasteiger partial charge is 0.451 e. The number of hydrogen-bond acceptors (Lipinski definition) is 6. The van der Waals surface area contributed by atoms with Crippen LogP contribution in [0.25, 0.3) is 0 Å². The van der Waals surface area contributed by atoms with Crippen LogP contribution in [0.4, 0.5) is 24.8 Å². The molecule has 1 aromatic rings. The van der Waals surface area contributed by atoms with Gasteiger partial charge in [-0.25, -0.2) is 15.8 Å².